The van der Waals surface area contributed by atoms with Crippen LogP contribution in [0.3, 0.4) is 0 Å². The van der Waals surface area contributed by atoms with Crippen LogP contribution in [0.1, 0.15) is 30.0 Å². The second kappa shape index (κ2) is 9.87. The van der Waals surface area contributed by atoms with E-state index in [9.17, 15) is 4.79 Å². The lowest BCUT2D eigenvalue weighted by Crippen LogP contribution is -2.28. The van der Waals surface area contributed by atoms with Gasteiger partial charge in [-0.25, -0.2) is 0 Å². The Balaban J connectivity index is 0.00000280. The van der Waals surface area contributed by atoms with E-state index in [2.05, 4.69) is 15.5 Å². The van der Waals surface area contributed by atoms with Crippen molar-refractivity contribution < 1.29 is 13.9 Å². The third-order valence-corrected chi connectivity index (χ3v) is 4.13. The van der Waals surface area contributed by atoms with Gasteiger partial charge in [-0.2, -0.15) is 0 Å². The maximum Gasteiger partial charge on any atom is 0.247 e. The molecule has 0 saturated carbocycles. The average molecular weight is 403 g/mol. The standard InChI is InChI=1S/C20H22N4O3.ClH/c1-13(25)22-18(10-14-6-8-15(12-21)9-7-14)20-24-23-19(27-20)16-4-3-5-17(11-16)26-2;/h3-9,11,18H,10,12,21H2,1-2H3,(H,22,25);1H. The summed E-state index contributed by atoms with van der Waals surface area (Å²) in [5.41, 5.74) is 8.47. The molecule has 28 heavy (non-hydrogen) atoms. The third kappa shape index (κ3) is 5.31. The van der Waals surface area contributed by atoms with Crippen LogP contribution in [0.25, 0.3) is 11.5 Å². The van der Waals surface area contributed by atoms with Gasteiger partial charge >= 0.3 is 0 Å². The third-order valence-electron chi connectivity index (χ3n) is 4.13. The molecule has 0 aliphatic carbocycles. The van der Waals surface area contributed by atoms with Crippen molar-refractivity contribution in [2.75, 3.05) is 7.11 Å². The van der Waals surface area contributed by atoms with E-state index in [0.717, 1.165) is 16.7 Å². The fourth-order valence-electron chi connectivity index (χ4n) is 2.74. The Bertz CT molecular complexity index is 912. The van der Waals surface area contributed by atoms with Crippen LogP contribution < -0.4 is 15.8 Å². The molecule has 1 heterocycles. The van der Waals surface area contributed by atoms with Crippen molar-refractivity contribution in [3.63, 3.8) is 0 Å². The minimum atomic E-state index is -0.418. The lowest BCUT2D eigenvalue weighted by atomic mass is 10.0. The molecule has 1 atom stereocenters. The Morgan fingerprint density at radius 2 is 1.89 bits per heavy atom. The number of amides is 1. The highest BCUT2D eigenvalue weighted by Gasteiger charge is 2.21. The van der Waals surface area contributed by atoms with Crippen molar-refractivity contribution in [2.45, 2.75) is 25.9 Å². The molecule has 0 radical (unpaired) electrons. The first-order valence-corrected chi connectivity index (χ1v) is 8.62. The number of methoxy groups -OCH3 is 1. The second-order valence-electron chi connectivity index (χ2n) is 6.16. The topological polar surface area (TPSA) is 103 Å². The van der Waals surface area contributed by atoms with E-state index >= 15 is 0 Å². The molecule has 0 spiro atoms. The van der Waals surface area contributed by atoms with Crippen molar-refractivity contribution in [2.24, 2.45) is 5.73 Å². The van der Waals surface area contributed by atoms with Gasteiger partial charge in [0.15, 0.2) is 0 Å². The number of carbonyl (C=O) groups excluding carboxylic acids is 1. The van der Waals surface area contributed by atoms with Crippen LogP contribution >= 0.6 is 12.4 Å². The normalized spacial score (nSPS) is 11.4. The fraction of sp³-hybridized carbons (Fsp3) is 0.250. The monoisotopic (exact) mass is 402 g/mol. The quantitative estimate of drug-likeness (QED) is 0.629. The van der Waals surface area contributed by atoms with Gasteiger partial charge < -0.3 is 20.2 Å². The summed E-state index contributed by atoms with van der Waals surface area (Å²) in [7, 11) is 1.60. The van der Waals surface area contributed by atoms with Crippen molar-refractivity contribution in [1.82, 2.24) is 15.5 Å². The summed E-state index contributed by atoms with van der Waals surface area (Å²) in [4.78, 5) is 11.6. The highest BCUT2D eigenvalue weighted by Crippen LogP contribution is 2.25. The van der Waals surface area contributed by atoms with Crippen molar-refractivity contribution in [3.8, 4) is 17.2 Å². The van der Waals surface area contributed by atoms with Gasteiger partial charge in [-0.15, -0.1) is 22.6 Å². The van der Waals surface area contributed by atoms with E-state index in [-0.39, 0.29) is 18.3 Å². The molecule has 0 bridgehead atoms. The van der Waals surface area contributed by atoms with Crippen LogP contribution in [-0.4, -0.2) is 23.2 Å². The predicted octanol–water partition coefficient (Wildman–Crippen LogP) is 3.05. The molecular weight excluding hydrogens is 380 g/mol. The molecule has 0 aliphatic heterocycles. The van der Waals surface area contributed by atoms with E-state index in [0.29, 0.717) is 30.5 Å². The Labute approximate surface area is 169 Å². The van der Waals surface area contributed by atoms with Crippen molar-refractivity contribution in [3.05, 3.63) is 65.5 Å². The largest absolute Gasteiger partial charge is 0.497 e. The summed E-state index contributed by atoms with van der Waals surface area (Å²) >= 11 is 0. The van der Waals surface area contributed by atoms with Crippen LogP contribution in [-0.2, 0) is 17.8 Å². The number of carbonyl (C=O) groups is 1. The van der Waals surface area contributed by atoms with E-state index in [1.807, 2.05) is 48.5 Å². The van der Waals surface area contributed by atoms with Gasteiger partial charge in [0.05, 0.1) is 7.11 Å². The summed E-state index contributed by atoms with van der Waals surface area (Å²) in [5, 5.41) is 11.1. The van der Waals surface area contributed by atoms with Gasteiger partial charge in [0.2, 0.25) is 17.7 Å². The van der Waals surface area contributed by atoms with E-state index < -0.39 is 6.04 Å². The molecule has 148 valence electrons. The lowest BCUT2D eigenvalue weighted by molar-refractivity contribution is -0.119. The lowest BCUT2D eigenvalue weighted by Gasteiger charge is -2.14. The Hall–Kier alpha value is -2.90. The molecule has 1 aromatic heterocycles. The smallest absolute Gasteiger partial charge is 0.247 e. The summed E-state index contributed by atoms with van der Waals surface area (Å²) in [6.07, 6.45) is 0.532. The number of nitrogens with one attached hydrogen (secondary N) is 1. The Kier molecular flexibility index (Phi) is 7.54. The SMILES string of the molecule is COc1cccc(-c2nnc(C(Cc3ccc(CN)cc3)NC(C)=O)o2)c1.Cl. The Morgan fingerprint density at radius 3 is 2.54 bits per heavy atom. The number of nitrogens with zero attached hydrogens (tertiary/aromatic N) is 2. The minimum absolute atomic E-state index is 0. The molecule has 7 nitrogen and oxygen atoms in total. The van der Waals surface area contributed by atoms with Crippen molar-refractivity contribution in [1.29, 1.82) is 0 Å². The fourth-order valence-corrected chi connectivity index (χ4v) is 2.74. The molecule has 1 amide bonds. The first-order chi connectivity index (χ1) is 13.1. The number of halogens is 1. The van der Waals surface area contributed by atoms with Gasteiger partial charge in [-0.05, 0) is 29.3 Å². The zero-order valence-electron chi connectivity index (χ0n) is 15.7. The van der Waals surface area contributed by atoms with E-state index in [4.69, 9.17) is 14.9 Å². The summed E-state index contributed by atoms with van der Waals surface area (Å²) in [5.74, 6) is 1.26. The van der Waals surface area contributed by atoms with Gasteiger partial charge in [0.25, 0.3) is 0 Å². The van der Waals surface area contributed by atoms with Gasteiger partial charge in [0.1, 0.15) is 11.8 Å². The van der Waals surface area contributed by atoms with Crippen LogP contribution in [0.5, 0.6) is 5.75 Å². The van der Waals surface area contributed by atoms with Gasteiger partial charge in [-0.1, -0.05) is 30.3 Å². The predicted molar refractivity (Wildman–Crippen MR) is 108 cm³/mol. The molecule has 8 heteroatoms. The summed E-state index contributed by atoms with van der Waals surface area (Å²) in [6, 6.07) is 14.8. The highest BCUT2D eigenvalue weighted by molar-refractivity contribution is 5.85. The molecule has 0 fully saturated rings. The zero-order chi connectivity index (χ0) is 19.2. The molecule has 0 aliphatic rings. The number of nitrogens with two attached hydrogens (primary N) is 1. The first-order valence-electron chi connectivity index (χ1n) is 8.62. The molecular formula is C20H23ClN4O3. The number of ether oxygens (including phenoxy) is 1. The highest BCUT2D eigenvalue weighted by atomic mass is 35.5. The minimum Gasteiger partial charge on any atom is -0.497 e. The van der Waals surface area contributed by atoms with Crippen LogP contribution in [0.2, 0.25) is 0 Å². The molecule has 3 rings (SSSR count). The molecule has 3 aromatic rings. The maximum absolute atomic E-state index is 11.6. The second-order valence-corrected chi connectivity index (χ2v) is 6.16. The molecule has 1 unspecified atom stereocenters. The van der Waals surface area contributed by atoms with Gasteiger partial charge in [-0.3, -0.25) is 4.79 Å². The van der Waals surface area contributed by atoms with Crippen molar-refractivity contribution >= 4 is 18.3 Å². The van der Waals surface area contributed by atoms with E-state index in [1.54, 1.807) is 7.11 Å². The average Bonchev–Trinajstić information content (AvgIpc) is 3.18. The number of benzene rings is 2. The first kappa shape index (κ1) is 21.4. The number of rotatable bonds is 7. The molecule has 3 N–H and O–H groups in total. The molecule has 0 saturated heterocycles. The summed E-state index contributed by atoms with van der Waals surface area (Å²) < 4.78 is 11.1. The van der Waals surface area contributed by atoms with Crippen LogP contribution in [0.4, 0.5) is 0 Å². The zero-order valence-corrected chi connectivity index (χ0v) is 16.5. The number of hydrogen-bond donors (Lipinski definition) is 2. The van der Waals surface area contributed by atoms with Crippen LogP contribution in [0, 0.1) is 0 Å². The molecule has 2 aromatic carbocycles. The van der Waals surface area contributed by atoms with Gasteiger partial charge in [0, 0.05) is 25.5 Å². The number of hydrogen-bond acceptors (Lipinski definition) is 6. The maximum atomic E-state index is 11.6. The van der Waals surface area contributed by atoms with E-state index in [1.165, 1.54) is 6.92 Å². The summed E-state index contributed by atoms with van der Waals surface area (Å²) in [6.45, 7) is 1.95. The number of aromatic nitrogens is 2. The van der Waals surface area contributed by atoms with Crippen LogP contribution in [0.15, 0.2) is 52.9 Å². The Morgan fingerprint density at radius 1 is 1.18 bits per heavy atom.